The number of carbonyl (C=O) groups is 2. The third-order valence-corrected chi connectivity index (χ3v) is 3.06. The molecule has 0 saturated carbocycles. The first-order valence-corrected chi connectivity index (χ1v) is 6.57. The number of carbonyl (C=O) groups excluding carboxylic acids is 1. The molecule has 0 spiro atoms. The summed E-state index contributed by atoms with van der Waals surface area (Å²) in [5.41, 5.74) is 7.16. The number of hydrogen-bond donors (Lipinski definition) is 3. The van der Waals surface area contributed by atoms with Gasteiger partial charge in [-0.25, -0.2) is 0 Å². The second kappa shape index (κ2) is 6.52. The van der Waals surface area contributed by atoms with Gasteiger partial charge in [-0.15, -0.1) is 0 Å². The Morgan fingerprint density at radius 2 is 1.80 bits per heavy atom. The second-order valence-electron chi connectivity index (χ2n) is 5.92. The van der Waals surface area contributed by atoms with Gasteiger partial charge in [-0.1, -0.05) is 32.9 Å². The number of hydrogen-bond acceptors (Lipinski definition) is 3. The third-order valence-electron chi connectivity index (χ3n) is 3.06. The van der Waals surface area contributed by atoms with Gasteiger partial charge in [-0.05, 0) is 29.5 Å². The summed E-state index contributed by atoms with van der Waals surface area (Å²) in [6.07, 6.45) is 0.575. The topological polar surface area (TPSA) is 92.4 Å². The van der Waals surface area contributed by atoms with Crippen molar-refractivity contribution in [1.29, 1.82) is 0 Å². The van der Waals surface area contributed by atoms with E-state index in [9.17, 15) is 9.59 Å². The minimum absolute atomic E-state index is 0.0978. The zero-order valence-corrected chi connectivity index (χ0v) is 12.1. The molecule has 0 fully saturated rings. The van der Waals surface area contributed by atoms with Gasteiger partial charge in [0.25, 0.3) is 0 Å². The lowest BCUT2D eigenvalue weighted by molar-refractivity contribution is -0.137. The molecule has 1 atom stereocenters. The number of rotatable bonds is 5. The predicted molar refractivity (Wildman–Crippen MR) is 78.5 cm³/mol. The van der Waals surface area contributed by atoms with E-state index in [0.29, 0.717) is 12.1 Å². The maximum Gasteiger partial charge on any atom is 0.303 e. The molecule has 0 radical (unpaired) electrons. The Balaban J connectivity index is 2.61. The highest BCUT2D eigenvalue weighted by molar-refractivity contribution is 5.95. The van der Waals surface area contributed by atoms with Crippen molar-refractivity contribution in [1.82, 2.24) is 0 Å². The van der Waals surface area contributed by atoms with Crippen molar-refractivity contribution in [3.63, 3.8) is 0 Å². The number of aliphatic carboxylic acids is 1. The number of anilines is 1. The average Bonchev–Trinajstić information content (AvgIpc) is 2.35. The van der Waals surface area contributed by atoms with E-state index in [2.05, 4.69) is 5.32 Å². The van der Waals surface area contributed by atoms with Gasteiger partial charge in [-0.2, -0.15) is 0 Å². The van der Waals surface area contributed by atoms with Gasteiger partial charge in [-0.3, -0.25) is 9.59 Å². The fraction of sp³-hybridized carbons (Fsp3) is 0.467. The largest absolute Gasteiger partial charge is 0.481 e. The summed E-state index contributed by atoms with van der Waals surface area (Å²) in [7, 11) is 0. The highest BCUT2D eigenvalue weighted by atomic mass is 16.4. The Morgan fingerprint density at radius 3 is 2.25 bits per heavy atom. The van der Waals surface area contributed by atoms with E-state index < -0.39 is 12.0 Å². The molecule has 0 bridgehead atoms. The molecule has 20 heavy (non-hydrogen) atoms. The predicted octanol–water partition coefficient (Wildman–Crippen LogP) is 2.02. The summed E-state index contributed by atoms with van der Waals surface area (Å²) in [6.45, 7) is 5.73. The molecule has 1 aromatic rings. The van der Waals surface area contributed by atoms with Crippen molar-refractivity contribution in [3.05, 3.63) is 29.8 Å². The molecule has 0 unspecified atom stereocenters. The van der Waals surface area contributed by atoms with Gasteiger partial charge in [0.1, 0.15) is 0 Å². The summed E-state index contributed by atoms with van der Waals surface area (Å²) in [5, 5.41) is 11.4. The number of carboxylic acid groups (broad SMARTS) is 1. The molecule has 110 valence electrons. The molecule has 1 rings (SSSR count). The fourth-order valence-corrected chi connectivity index (χ4v) is 1.62. The molecular formula is C15H22N2O3. The van der Waals surface area contributed by atoms with Crippen molar-refractivity contribution in [2.24, 2.45) is 11.1 Å². The monoisotopic (exact) mass is 278 g/mol. The Morgan fingerprint density at radius 1 is 1.25 bits per heavy atom. The number of amides is 1. The highest BCUT2D eigenvalue weighted by Crippen LogP contribution is 2.19. The van der Waals surface area contributed by atoms with E-state index in [1.165, 1.54) is 0 Å². The lowest BCUT2D eigenvalue weighted by Gasteiger charge is -2.25. The zero-order valence-electron chi connectivity index (χ0n) is 12.1. The first-order valence-electron chi connectivity index (χ1n) is 6.57. The van der Waals surface area contributed by atoms with E-state index in [4.69, 9.17) is 10.8 Å². The van der Waals surface area contributed by atoms with E-state index in [1.54, 1.807) is 24.3 Å². The molecule has 1 amide bonds. The Kier molecular flexibility index (Phi) is 5.27. The van der Waals surface area contributed by atoms with Gasteiger partial charge in [0, 0.05) is 12.1 Å². The quantitative estimate of drug-likeness (QED) is 0.768. The molecule has 4 N–H and O–H groups in total. The summed E-state index contributed by atoms with van der Waals surface area (Å²) in [5.74, 6) is -1.05. The van der Waals surface area contributed by atoms with Crippen LogP contribution in [0.25, 0.3) is 0 Å². The average molecular weight is 278 g/mol. The van der Waals surface area contributed by atoms with Gasteiger partial charge < -0.3 is 16.2 Å². The first kappa shape index (κ1) is 16.2. The van der Waals surface area contributed by atoms with Crippen LogP contribution in [0.1, 0.15) is 32.8 Å². The number of carboxylic acids is 1. The van der Waals surface area contributed by atoms with Crippen LogP contribution in [0.2, 0.25) is 0 Å². The number of aryl methyl sites for hydroxylation is 1. The highest BCUT2D eigenvalue weighted by Gasteiger charge is 2.27. The van der Waals surface area contributed by atoms with Crippen molar-refractivity contribution in [2.75, 3.05) is 5.32 Å². The Hall–Kier alpha value is -1.88. The smallest absolute Gasteiger partial charge is 0.303 e. The molecule has 0 aliphatic carbocycles. The fourth-order valence-electron chi connectivity index (χ4n) is 1.62. The standard InChI is InChI=1S/C15H22N2O3/c1-15(2,3)13(16)14(20)17-11-7-4-10(5-8-11)6-9-12(18)19/h4-5,7-8,13H,6,9,16H2,1-3H3,(H,17,20)(H,18,19)/t13-/m1/s1. The van der Waals surface area contributed by atoms with E-state index >= 15 is 0 Å². The van der Waals surface area contributed by atoms with Crippen LogP contribution in [0, 0.1) is 5.41 Å². The maximum atomic E-state index is 11.9. The molecule has 0 heterocycles. The van der Waals surface area contributed by atoms with Crippen molar-refractivity contribution >= 4 is 17.6 Å². The van der Waals surface area contributed by atoms with Crippen LogP contribution in [0.3, 0.4) is 0 Å². The summed E-state index contributed by atoms with van der Waals surface area (Å²) < 4.78 is 0. The molecule has 5 heteroatoms. The minimum Gasteiger partial charge on any atom is -0.481 e. The lowest BCUT2D eigenvalue weighted by atomic mass is 9.87. The van der Waals surface area contributed by atoms with Crippen molar-refractivity contribution < 1.29 is 14.7 Å². The molecular weight excluding hydrogens is 256 g/mol. The van der Waals surface area contributed by atoms with Gasteiger partial charge in [0.2, 0.25) is 5.91 Å². The summed E-state index contributed by atoms with van der Waals surface area (Å²) in [4.78, 5) is 22.4. The summed E-state index contributed by atoms with van der Waals surface area (Å²) in [6, 6.07) is 6.53. The van der Waals surface area contributed by atoms with E-state index in [0.717, 1.165) is 5.56 Å². The van der Waals surface area contributed by atoms with Crippen LogP contribution in [0.15, 0.2) is 24.3 Å². The molecule has 1 aromatic carbocycles. The van der Waals surface area contributed by atoms with Crippen LogP contribution in [0.4, 0.5) is 5.69 Å². The number of benzene rings is 1. The van der Waals surface area contributed by atoms with Crippen LogP contribution in [-0.2, 0) is 16.0 Å². The Labute approximate surface area is 119 Å². The molecule has 0 aromatic heterocycles. The Bertz CT molecular complexity index is 475. The van der Waals surface area contributed by atoms with Crippen LogP contribution < -0.4 is 11.1 Å². The van der Waals surface area contributed by atoms with Crippen LogP contribution in [0.5, 0.6) is 0 Å². The van der Waals surface area contributed by atoms with Crippen molar-refractivity contribution in [2.45, 2.75) is 39.7 Å². The van der Waals surface area contributed by atoms with Crippen molar-refractivity contribution in [3.8, 4) is 0 Å². The molecule has 0 saturated heterocycles. The second-order valence-corrected chi connectivity index (χ2v) is 5.92. The maximum absolute atomic E-state index is 11.9. The molecule has 0 aliphatic rings. The van der Waals surface area contributed by atoms with Gasteiger partial charge in [0.05, 0.1) is 6.04 Å². The lowest BCUT2D eigenvalue weighted by Crippen LogP contribution is -2.45. The zero-order chi connectivity index (χ0) is 15.3. The normalized spacial score (nSPS) is 12.8. The van der Waals surface area contributed by atoms with E-state index in [-0.39, 0.29) is 17.7 Å². The van der Waals surface area contributed by atoms with E-state index in [1.807, 2.05) is 20.8 Å². The SMILES string of the molecule is CC(C)(C)[C@H](N)C(=O)Nc1ccc(CCC(=O)O)cc1. The molecule has 0 aliphatic heterocycles. The summed E-state index contributed by atoms with van der Waals surface area (Å²) >= 11 is 0. The van der Waals surface area contributed by atoms with Gasteiger partial charge in [0.15, 0.2) is 0 Å². The third kappa shape index (κ3) is 5.01. The number of nitrogens with two attached hydrogens (primary N) is 1. The minimum atomic E-state index is -0.821. The van der Waals surface area contributed by atoms with Crippen LogP contribution in [-0.4, -0.2) is 23.0 Å². The molecule has 5 nitrogen and oxygen atoms in total. The number of nitrogens with one attached hydrogen (secondary N) is 1. The van der Waals surface area contributed by atoms with Gasteiger partial charge >= 0.3 is 5.97 Å². The van der Waals surface area contributed by atoms with Crippen LogP contribution >= 0.6 is 0 Å². The first-order chi connectivity index (χ1) is 9.20.